The third kappa shape index (κ3) is 6.33. The van der Waals surface area contributed by atoms with Crippen molar-refractivity contribution >= 4 is 11.9 Å². The van der Waals surface area contributed by atoms with Gasteiger partial charge in [-0.25, -0.2) is 0 Å². The zero-order chi connectivity index (χ0) is 18.8. The van der Waals surface area contributed by atoms with Crippen molar-refractivity contribution < 1.29 is 4.79 Å². The van der Waals surface area contributed by atoms with Crippen LogP contribution in [0.3, 0.4) is 0 Å². The second-order valence-electron chi connectivity index (χ2n) is 6.83. The molecule has 1 aliphatic heterocycles. The molecule has 8 heteroatoms. The fourth-order valence-corrected chi connectivity index (χ4v) is 3.26. The average Bonchev–Trinajstić information content (AvgIpc) is 3.31. The Hall–Kier alpha value is -2.09. The first-order chi connectivity index (χ1) is 12.6. The lowest BCUT2D eigenvalue weighted by atomic mass is 10.2. The first-order valence-electron chi connectivity index (χ1n) is 9.49. The van der Waals surface area contributed by atoms with Gasteiger partial charge in [0.05, 0.1) is 6.04 Å². The molecule has 0 aromatic carbocycles. The summed E-state index contributed by atoms with van der Waals surface area (Å²) in [6, 6.07) is 2.00. The van der Waals surface area contributed by atoms with Crippen molar-refractivity contribution in [2.45, 2.75) is 38.3 Å². The molecule has 1 amide bonds. The van der Waals surface area contributed by atoms with E-state index in [1.807, 2.05) is 31.0 Å². The maximum absolute atomic E-state index is 12.2. The quantitative estimate of drug-likeness (QED) is 0.377. The number of hydrogen-bond acceptors (Lipinski definition) is 4. The average molecular weight is 364 g/mol. The van der Waals surface area contributed by atoms with Crippen molar-refractivity contribution in [3.05, 3.63) is 18.5 Å². The van der Waals surface area contributed by atoms with E-state index in [0.29, 0.717) is 0 Å². The molecule has 1 atom stereocenters. The number of carbonyl (C=O) groups is 1. The van der Waals surface area contributed by atoms with Gasteiger partial charge in [-0.15, -0.1) is 0 Å². The van der Waals surface area contributed by atoms with Gasteiger partial charge >= 0.3 is 0 Å². The number of guanidine groups is 1. The Kier molecular flexibility index (Phi) is 8.40. The predicted molar refractivity (Wildman–Crippen MR) is 104 cm³/mol. The molecular formula is C18H33N7O. The summed E-state index contributed by atoms with van der Waals surface area (Å²) in [5.41, 5.74) is 0. The number of nitrogens with one attached hydrogen (secondary N) is 2. The molecule has 1 unspecified atom stereocenters. The van der Waals surface area contributed by atoms with Gasteiger partial charge in [0.1, 0.15) is 0 Å². The number of likely N-dealkylation sites (N-methyl/N-ethyl adjacent to an activating group) is 1. The molecule has 1 aromatic rings. The number of amides is 1. The third-order valence-electron chi connectivity index (χ3n) is 4.64. The zero-order valence-corrected chi connectivity index (χ0v) is 16.3. The largest absolute Gasteiger partial charge is 0.356 e. The van der Waals surface area contributed by atoms with E-state index in [-0.39, 0.29) is 11.9 Å². The van der Waals surface area contributed by atoms with Gasteiger partial charge in [-0.1, -0.05) is 0 Å². The smallest absolute Gasteiger partial charge is 0.239 e. The molecule has 1 aromatic heterocycles. The first-order valence-corrected chi connectivity index (χ1v) is 9.49. The van der Waals surface area contributed by atoms with Crippen molar-refractivity contribution in [3.8, 4) is 0 Å². The lowest BCUT2D eigenvalue weighted by Gasteiger charge is -2.26. The molecule has 1 aliphatic rings. The van der Waals surface area contributed by atoms with Crippen LogP contribution in [0.1, 0.15) is 25.7 Å². The SMILES string of the molecule is CN=C(NCCCN1CCCC1C(=O)N(C)C)NCCCn1cccn1. The van der Waals surface area contributed by atoms with Crippen LogP contribution in [0.5, 0.6) is 0 Å². The minimum absolute atomic E-state index is 0.0599. The molecule has 0 saturated carbocycles. The Labute approximate surface area is 156 Å². The monoisotopic (exact) mass is 363 g/mol. The van der Waals surface area contributed by atoms with E-state index >= 15 is 0 Å². The van der Waals surface area contributed by atoms with E-state index < -0.39 is 0 Å². The van der Waals surface area contributed by atoms with Gasteiger partial charge in [0.25, 0.3) is 0 Å². The van der Waals surface area contributed by atoms with Gasteiger partial charge in [-0.05, 0) is 38.3 Å². The van der Waals surface area contributed by atoms with Crippen LogP contribution < -0.4 is 10.6 Å². The third-order valence-corrected chi connectivity index (χ3v) is 4.64. The molecule has 0 bridgehead atoms. The number of aromatic nitrogens is 2. The molecule has 26 heavy (non-hydrogen) atoms. The van der Waals surface area contributed by atoms with Gasteiger partial charge < -0.3 is 15.5 Å². The Morgan fingerprint density at radius 1 is 1.27 bits per heavy atom. The van der Waals surface area contributed by atoms with Crippen LogP contribution in [0.4, 0.5) is 0 Å². The van der Waals surface area contributed by atoms with Gasteiger partial charge in [0, 0.05) is 59.7 Å². The van der Waals surface area contributed by atoms with Crippen molar-refractivity contribution in [2.24, 2.45) is 4.99 Å². The summed E-state index contributed by atoms with van der Waals surface area (Å²) in [7, 11) is 5.46. The number of hydrogen-bond donors (Lipinski definition) is 2. The molecule has 0 spiro atoms. The molecule has 1 saturated heterocycles. The van der Waals surface area contributed by atoms with E-state index in [0.717, 1.165) is 64.4 Å². The van der Waals surface area contributed by atoms with Crippen molar-refractivity contribution in [1.29, 1.82) is 0 Å². The number of rotatable bonds is 9. The van der Waals surface area contributed by atoms with Crippen LogP contribution in [0.25, 0.3) is 0 Å². The van der Waals surface area contributed by atoms with Gasteiger partial charge in [0.2, 0.25) is 5.91 Å². The van der Waals surface area contributed by atoms with Crippen LogP contribution in [-0.2, 0) is 11.3 Å². The van der Waals surface area contributed by atoms with Crippen LogP contribution in [0.15, 0.2) is 23.5 Å². The summed E-state index contributed by atoms with van der Waals surface area (Å²) in [6.07, 6.45) is 7.83. The number of likely N-dealkylation sites (tertiary alicyclic amines) is 1. The zero-order valence-electron chi connectivity index (χ0n) is 16.3. The summed E-state index contributed by atoms with van der Waals surface area (Å²) in [4.78, 5) is 20.5. The maximum atomic E-state index is 12.2. The van der Waals surface area contributed by atoms with E-state index in [1.54, 1.807) is 18.1 Å². The normalized spacial score (nSPS) is 18.1. The van der Waals surface area contributed by atoms with E-state index in [9.17, 15) is 4.79 Å². The Morgan fingerprint density at radius 3 is 2.62 bits per heavy atom. The Bertz CT molecular complexity index is 556. The Balaban J connectivity index is 1.59. The predicted octanol–water partition coefficient (Wildman–Crippen LogP) is 0.381. The summed E-state index contributed by atoms with van der Waals surface area (Å²) in [6.45, 7) is 4.55. The highest BCUT2D eigenvalue weighted by Crippen LogP contribution is 2.18. The molecule has 2 rings (SSSR count). The second-order valence-corrected chi connectivity index (χ2v) is 6.83. The topological polar surface area (TPSA) is 77.8 Å². The van der Waals surface area contributed by atoms with Crippen molar-refractivity contribution in [2.75, 3.05) is 47.3 Å². The maximum Gasteiger partial charge on any atom is 0.239 e. The summed E-state index contributed by atoms with van der Waals surface area (Å²) < 4.78 is 1.93. The van der Waals surface area contributed by atoms with Crippen LogP contribution in [-0.4, -0.2) is 84.8 Å². The van der Waals surface area contributed by atoms with Gasteiger partial charge in [-0.2, -0.15) is 5.10 Å². The van der Waals surface area contributed by atoms with Crippen LogP contribution in [0.2, 0.25) is 0 Å². The van der Waals surface area contributed by atoms with E-state index in [1.165, 1.54) is 0 Å². The molecular weight excluding hydrogens is 330 g/mol. The van der Waals surface area contributed by atoms with Gasteiger partial charge in [0.15, 0.2) is 5.96 Å². The molecule has 8 nitrogen and oxygen atoms in total. The Morgan fingerprint density at radius 2 is 2.00 bits per heavy atom. The summed E-state index contributed by atoms with van der Waals surface area (Å²) in [5, 5.41) is 10.9. The number of nitrogens with zero attached hydrogens (tertiary/aromatic N) is 5. The molecule has 2 heterocycles. The lowest BCUT2D eigenvalue weighted by Crippen LogP contribution is -2.44. The molecule has 0 aliphatic carbocycles. The highest BCUT2D eigenvalue weighted by atomic mass is 16.2. The summed E-state index contributed by atoms with van der Waals surface area (Å²) in [5.74, 6) is 1.05. The molecule has 0 radical (unpaired) electrons. The van der Waals surface area contributed by atoms with E-state index in [2.05, 4.69) is 25.6 Å². The van der Waals surface area contributed by atoms with Crippen molar-refractivity contribution in [1.82, 2.24) is 30.2 Å². The highest BCUT2D eigenvalue weighted by molar-refractivity contribution is 5.81. The fraction of sp³-hybridized carbons (Fsp3) is 0.722. The molecule has 1 fully saturated rings. The molecule has 2 N–H and O–H groups in total. The molecule has 146 valence electrons. The van der Waals surface area contributed by atoms with Crippen LogP contribution >= 0.6 is 0 Å². The second kappa shape index (κ2) is 10.8. The van der Waals surface area contributed by atoms with Crippen molar-refractivity contribution in [3.63, 3.8) is 0 Å². The minimum atomic E-state index is 0.0599. The highest BCUT2D eigenvalue weighted by Gasteiger charge is 2.30. The lowest BCUT2D eigenvalue weighted by molar-refractivity contribution is -0.133. The van der Waals surface area contributed by atoms with E-state index in [4.69, 9.17) is 0 Å². The van der Waals surface area contributed by atoms with Gasteiger partial charge in [-0.3, -0.25) is 19.4 Å². The number of aliphatic imine (C=N–C) groups is 1. The first kappa shape index (κ1) is 20.2. The van der Waals surface area contributed by atoms with Crippen LogP contribution in [0, 0.1) is 0 Å². The number of aryl methyl sites for hydroxylation is 1. The minimum Gasteiger partial charge on any atom is -0.356 e. The number of carbonyl (C=O) groups excluding carboxylic acids is 1. The fourth-order valence-electron chi connectivity index (χ4n) is 3.26. The standard InChI is InChI=1S/C18H33N7O/c1-19-18(21-10-6-14-25-15-7-11-22-25)20-9-5-13-24-12-4-8-16(24)17(26)23(2)3/h7,11,15-16H,4-6,8-10,12-14H2,1-3H3,(H2,19,20,21). The summed E-state index contributed by atoms with van der Waals surface area (Å²) >= 11 is 0.